The van der Waals surface area contributed by atoms with E-state index in [4.69, 9.17) is 4.74 Å². The highest BCUT2D eigenvalue weighted by atomic mass is 19.4. The summed E-state index contributed by atoms with van der Waals surface area (Å²) in [5, 5.41) is 10.9. The summed E-state index contributed by atoms with van der Waals surface area (Å²) < 4.78 is 44.5. The van der Waals surface area contributed by atoms with Gasteiger partial charge in [-0.2, -0.15) is 13.2 Å². The van der Waals surface area contributed by atoms with Gasteiger partial charge in [-0.1, -0.05) is 18.2 Å². The lowest BCUT2D eigenvalue weighted by molar-refractivity contribution is -0.163. The van der Waals surface area contributed by atoms with Crippen LogP contribution in [0.1, 0.15) is 56.2 Å². The average Bonchev–Trinajstić information content (AvgIpc) is 2.49. The number of hydrogen-bond donors (Lipinski definition) is 1. The second-order valence-corrected chi connectivity index (χ2v) is 7.24. The van der Waals surface area contributed by atoms with Crippen LogP contribution in [0.2, 0.25) is 0 Å². The molecule has 1 fully saturated rings. The van der Waals surface area contributed by atoms with Gasteiger partial charge < -0.3 is 9.84 Å². The molecular formula is C19H23F3O3. The summed E-state index contributed by atoms with van der Waals surface area (Å²) in [5.74, 6) is -0.497. The van der Waals surface area contributed by atoms with Crippen molar-refractivity contribution in [1.29, 1.82) is 0 Å². The predicted octanol–water partition coefficient (Wildman–Crippen LogP) is 4.65. The molecule has 0 unspecified atom stereocenters. The minimum Gasteiger partial charge on any atom is -0.456 e. The van der Waals surface area contributed by atoms with Gasteiger partial charge in [-0.15, -0.1) is 0 Å². The molecule has 6 heteroatoms. The molecule has 1 saturated carbocycles. The molecule has 1 aliphatic carbocycles. The highest BCUT2D eigenvalue weighted by Gasteiger charge is 2.43. The van der Waals surface area contributed by atoms with Crippen molar-refractivity contribution >= 4 is 5.97 Å². The van der Waals surface area contributed by atoms with Crippen LogP contribution in [-0.2, 0) is 21.3 Å². The van der Waals surface area contributed by atoms with Crippen LogP contribution in [0.4, 0.5) is 13.2 Å². The molecule has 0 radical (unpaired) electrons. The Morgan fingerprint density at radius 1 is 1.20 bits per heavy atom. The number of alkyl halides is 3. The van der Waals surface area contributed by atoms with Crippen LogP contribution in [0.5, 0.6) is 0 Å². The van der Waals surface area contributed by atoms with E-state index in [1.54, 1.807) is 26.8 Å². The topological polar surface area (TPSA) is 46.5 Å². The first-order valence-electron chi connectivity index (χ1n) is 8.15. The van der Waals surface area contributed by atoms with E-state index < -0.39 is 28.9 Å². The largest absolute Gasteiger partial charge is 0.456 e. The number of hydrogen-bond acceptors (Lipinski definition) is 3. The van der Waals surface area contributed by atoms with E-state index in [2.05, 4.69) is 6.58 Å². The van der Waals surface area contributed by atoms with Gasteiger partial charge >= 0.3 is 12.1 Å². The number of rotatable bonds is 3. The van der Waals surface area contributed by atoms with E-state index in [-0.39, 0.29) is 24.0 Å². The van der Waals surface area contributed by atoms with Gasteiger partial charge in [-0.3, -0.25) is 0 Å². The Labute approximate surface area is 145 Å². The molecule has 0 saturated heterocycles. The Morgan fingerprint density at radius 2 is 1.76 bits per heavy atom. The van der Waals surface area contributed by atoms with E-state index >= 15 is 0 Å². The van der Waals surface area contributed by atoms with Gasteiger partial charge in [0.15, 0.2) is 0 Å². The van der Waals surface area contributed by atoms with Crippen LogP contribution in [0, 0.1) is 6.92 Å². The average molecular weight is 356 g/mol. The second-order valence-electron chi connectivity index (χ2n) is 7.24. The Kier molecular flexibility index (Phi) is 5.06. The Hall–Kier alpha value is -1.82. The smallest absolute Gasteiger partial charge is 0.416 e. The van der Waals surface area contributed by atoms with Crippen molar-refractivity contribution in [3.05, 3.63) is 47.0 Å². The highest BCUT2D eigenvalue weighted by molar-refractivity contribution is 5.87. The molecule has 0 aromatic heterocycles. The number of ether oxygens (including phenoxy) is 1. The maximum Gasteiger partial charge on any atom is 0.416 e. The molecule has 0 heterocycles. The molecule has 138 valence electrons. The van der Waals surface area contributed by atoms with Crippen LogP contribution >= 0.6 is 0 Å². The van der Waals surface area contributed by atoms with Crippen molar-refractivity contribution in [1.82, 2.24) is 0 Å². The summed E-state index contributed by atoms with van der Waals surface area (Å²) in [5.41, 5.74) is -1.89. The third-order valence-corrected chi connectivity index (χ3v) is 4.76. The van der Waals surface area contributed by atoms with Crippen LogP contribution < -0.4 is 0 Å². The fourth-order valence-corrected chi connectivity index (χ4v) is 3.11. The van der Waals surface area contributed by atoms with Crippen molar-refractivity contribution in [3.63, 3.8) is 0 Å². The Morgan fingerprint density at radius 3 is 2.24 bits per heavy atom. The summed E-state index contributed by atoms with van der Waals surface area (Å²) in [4.78, 5) is 11.7. The van der Waals surface area contributed by atoms with Gasteiger partial charge in [0.05, 0.1) is 11.2 Å². The molecule has 2 rings (SSSR count). The zero-order valence-electron chi connectivity index (χ0n) is 14.7. The first kappa shape index (κ1) is 19.5. The maximum atomic E-state index is 13.0. The zero-order valence-corrected chi connectivity index (χ0v) is 14.7. The normalized spacial score (nSPS) is 27.0. The second kappa shape index (κ2) is 6.48. The van der Waals surface area contributed by atoms with Gasteiger partial charge in [-0.05, 0) is 64.2 Å². The molecule has 1 aromatic carbocycles. The summed E-state index contributed by atoms with van der Waals surface area (Å²) in [7, 11) is 0. The molecule has 0 spiro atoms. The van der Waals surface area contributed by atoms with E-state index in [9.17, 15) is 23.1 Å². The number of halogens is 3. The number of esters is 1. The Balaban J connectivity index is 2.21. The number of aryl methyl sites for hydroxylation is 1. The molecule has 25 heavy (non-hydrogen) atoms. The molecule has 1 N–H and O–H groups in total. The molecule has 1 aliphatic rings. The number of carbonyl (C=O) groups excluding carboxylic acids is 1. The summed E-state index contributed by atoms with van der Waals surface area (Å²) >= 11 is 0. The summed E-state index contributed by atoms with van der Waals surface area (Å²) in [6.07, 6.45) is -3.31. The highest BCUT2D eigenvalue weighted by Crippen LogP contribution is 2.44. The van der Waals surface area contributed by atoms with Gasteiger partial charge in [0.2, 0.25) is 0 Å². The maximum absolute atomic E-state index is 13.0. The first-order valence-corrected chi connectivity index (χ1v) is 8.15. The molecule has 0 amide bonds. The lowest BCUT2D eigenvalue weighted by Gasteiger charge is -2.42. The SMILES string of the molecule is C=C(C)C(=O)OC1(C)CCC(O)(c2cc(C)cc(C(F)(F)F)c2)CC1. The minimum absolute atomic E-state index is 0.216. The Bertz CT molecular complexity index is 684. The monoisotopic (exact) mass is 356 g/mol. The minimum atomic E-state index is -4.46. The fraction of sp³-hybridized carbons (Fsp3) is 0.526. The lowest BCUT2D eigenvalue weighted by Crippen LogP contribution is -2.42. The quantitative estimate of drug-likeness (QED) is 0.633. The van der Waals surface area contributed by atoms with Gasteiger partial charge in [-0.25, -0.2) is 4.79 Å². The van der Waals surface area contributed by atoms with Crippen molar-refractivity contribution < 1.29 is 27.8 Å². The van der Waals surface area contributed by atoms with Gasteiger partial charge in [0.25, 0.3) is 0 Å². The third kappa shape index (κ3) is 4.42. The standard InChI is InChI=1S/C19H23F3O3/c1-12(2)16(23)25-17(4)5-7-18(24,8-6-17)14-9-13(3)10-15(11-14)19(20,21)22/h9-11,24H,1,5-8H2,2-4H3. The molecular weight excluding hydrogens is 333 g/mol. The molecule has 0 atom stereocenters. The van der Waals surface area contributed by atoms with Gasteiger partial charge in [0.1, 0.15) is 5.60 Å². The van der Waals surface area contributed by atoms with Crippen LogP contribution in [-0.4, -0.2) is 16.7 Å². The van der Waals surface area contributed by atoms with Crippen LogP contribution in [0.3, 0.4) is 0 Å². The molecule has 0 aliphatic heterocycles. The third-order valence-electron chi connectivity index (χ3n) is 4.76. The zero-order chi connectivity index (χ0) is 19.0. The van der Waals surface area contributed by atoms with Crippen molar-refractivity contribution in [2.45, 2.75) is 63.8 Å². The molecule has 0 bridgehead atoms. The van der Waals surface area contributed by atoms with Crippen LogP contribution in [0.25, 0.3) is 0 Å². The number of carbonyl (C=O) groups is 1. The van der Waals surface area contributed by atoms with E-state index in [0.717, 1.165) is 12.1 Å². The van der Waals surface area contributed by atoms with E-state index in [1.807, 2.05) is 0 Å². The van der Waals surface area contributed by atoms with Crippen molar-refractivity contribution in [2.75, 3.05) is 0 Å². The summed E-state index contributed by atoms with van der Waals surface area (Å²) in [6, 6.07) is 3.65. The fourth-order valence-electron chi connectivity index (χ4n) is 3.11. The number of benzene rings is 1. The first-order chi connectivity index (χ1) is 11.3. The van der Waals surface area contributed by atoms with Crippen molar-refractivity contribution in [2.24, 2.45) is 0 Å². The van der Waals surface area contributed by atoms with E-state index in [0.29, 0.717) is 18.4 Å². The predicted molar refractivity (Wildman–Crippen MR) is 87.9 cm³/mol. The van der Waals surface area contributed by atoms with E-state index in [1.165, 1.54) is 0 Å². The number of aliphatic hydroxyl groups is 1. The molecule has 3 nitrogen and oxygen atoms in total. The summed E-state index contributed by atoms with van der Waals surface area (Å²) in [6.45, 7) is 8.43. The van der Waals surface area contributed by atoms with Crippen LogP contribution in [0.15, 0.2) is 30.4 Å². The lowest BCUT2D eigenvalue weighted by atomic mass is 9.73. The van der Waals surface area contributed by atoms with Gasteiger partial charge in [0, 0.05) is 5.57 Å². The molecule has 1 aromatic rings. The van der Waals surface area contributed by atoms with Crippen molar-refractivity contribution in [3.8, 4) is 0 Å².